The average Bonchev–Trinajstić information content (AvgIpc) is 3.42. The van der Waals surface area contributed by atoms with Gasteiger partial charge in [-0.1, -0.05) is 57.9 Å². The molecule has 1 saturated carbocycles. The first-order valence-electron chi connectivity index (χ1n) is 13.1. The maximum atomic E-state index is 14.6. The summed E-state index contributed by atoms with van der Waals surface area (Å²) in [5, 5.41) is 15.6. The molecular weight excluding hydrogens is 560 g/mol. The molecule has 2 aromatic heterocycles. The number of thiazole rings is 1. The highest BCUT2D eigenvalue weighted by atomic mass is 35.5. The number of hydrogen-bond acceptors (Lipinski definition) is 6. The molecule has 200 valence electrons. The normalized spacial score (nSPS) is 22.8. The van der Waals surface area contributed by atoms with Crippen LogP contribution in [0.2, 0.25) is 10.0 Å². The number of carboxylic acids is 1. The second kappa shape index (κ2) is 9.61. The summed E-state index contributed by atoms with van der Waals surface area (Å²) in [6, 6.07) is 8.59. The monoisotopic (exact) mass is 583 g/mol. The third-order valence-corrected chi connectivity index (χ3v) is 9.76. The molecule has 0 amide bonds. The third-order valence-electron chi connectivity index (χ3n) is 8.11. The van der Waals surface area contributed by atoms with Gasteiger partial charge in [-0.2, -0.15) is 0 Å². The van der Waals surface area contributed by atoms with E-state index in [-0.39, 0.29) is 11.1 Å². The Morgan fingerprint density at radius 1 is 1.13 bits per heavy atom. The van der Waals surface area contributed by atoms with E-state index in [1.54, 1.807) is 0 Å². The van der Waals surface area contributed by atoms with Gasteiger partial charge in [-0.3, -0.25) is 0 Å². The molecule has 1 N–H and O–H groups in total. The lowest BCUT2D eigenvalue weighted by molar-refractivity contribution is 0.0696. The van der Waals surface area contributed by atoms with E-state index in [2.05, 4.69) is 27.2 Å². The Balaban J connectivity index is 1.16. The first-order chi connectivity index (χ1) is 18.9. The Labute approximate surface area is 238 Å². The summed E-state index contributed by atoms with van der Waals surface area (Å²) in [7, 11) is 0. The van der Waals surface area contributed by atoms with Gasteiger partial charge in [-0.25, -0.2) is 14.2 Å². The Bertz CT molecular complexity index is 1610. The number of halogens is 3. The van der Waals surface area contributed by atoms with Crippen LogP contribution in [0.25, 0.3) is 27.6 Å². The maximum Gasteiger partial charge on any atom is 0.335 e. The van der Waals surface area contributed by atoms with E-state index >= 15 is 0 Å². The van der Waals surface area contributed by atoms with Crippen molar-refractivity contribution in [3.63, 3.8) is 0 Å². The highest BCUT2D eigenvalue weighted by molar-refractivity contribution is 7.22. The molecule has 3 fully saturated rings. The van der Waals surface area contributed by atoms with Gasteiger partial charge < -0.3 is 14.5 Å². The lowest BCUT2D eigenvalue weighted by atomic mass is 9.90. The van der Waals surface area contributed by atoms with Crippen LogP contribution in [-0.2, 0) is 0 Å². The van der Waals surface area contributed by atoms with E-state index in [1.807, 2.05) is 18.2 Å². The number of aromatic carboxylic acids is 1. The summed E-state index contributed by atoms with van der Waals surface area (Å²) in [4.78, 5) is 18.3. The van der Waals surface area contributed by atoms with Crippen LogP contribution in [0, 0.1) is 11.7 Å². The van der Waals surface area contributed by atoms with Gasteiger partial charge in [-0.05, 0) is 68.7 Å². The number of benzene rings is 2. The molecule has 2 saturated heterocycles. The molecule has 2 aromatic carbocycles. The summed E-state index contributed by atoms with van der Waals surface area (Å²) in [6.45, 7) is 0. The molecule has 1 aliphatic carbocycles. The van der Waals surface area contributed by atoms with E-state index in [1.165, 1.54) is 17.4 Å². The highest BCUT2D eigenvalue weighted by Gasteiger charge is 2.42. The lowest BCUT2D eigenvalue weighted by Crippen LogP contribution is -2.42. The number of rotatable bonds is 6. The summed E-state index contributed by atoms with van der Waals surface area (Å²) in [5.41, 5.74) is 2.52. The second-order valence-corrected chi connectivity index (χ2v) is 12.5. The zero-order valence-electron chi connectivity index (χ0n) is 20.7. The van der Waals surface area contributed by atoms with Crippen molar-refractivity contribution < 1.29 is 18.8 Å². The van der Waals surface area contributed by atoms with Crippen LogP contribution in [0.3, 0.4) is 0 Å². The summed E-state index contributed by atoms with van der Waals surface area (Å²) >= 11 is 14.4. The molecule has 0 radical (unpaired) electrons. The number of fused-ring (bicyclic) bond motifs is 3. The molecule has 0 spiro atoms. The van der Waals surface area contributed by atoms with Crippen LogP contribution >= 0.6 is 34.5 Å². The van der Waals surface area contributed by atoms with E-state index in [4.69, 9.17) is 27.7 Å². The van der Waals surface area contributed by atoms with E-state index in [0.717, 1.165) is 61.0 Å². The summed E-state index contributed by atoms with van der Waals surface area (Å²) in [6.07, 6.45) is 10.6. The second-order valence-electron chi connectivity index (χ2n) is 10.7. The molecule has 4 heterocycles. The number of nitrogens with zero attached hydrogens (tertiary/aromatic N) is 3. The van der Waals surface area contributed by atoms with Gasteiger partial charge in [0.05, 0.1) is 20.3 Å². The van der Waals surface area contributed by atoms with Crippen molar-refractivity contribution in [1.82, 2.24) is 10.1 Å². The van der Waals surface area contributed by atoms with Gasteiger partial charge in [0.1, 0.15) is 17.0 Å². The fourth-order valence-corrected chi connectivity index (χ4v) is 7.89. The van der Waals surface area contributed by atoms with Crippen LogP contribution in [0.4, 0.5) is 9.52 Å². The number of piperidine rings is 1. The Morgan fingerprint density at radius 2 is 1.85 bits per heavy atom. The molecule has 2 aliphatic heterocycles. The first kappa shape index (κ1) is 25.1. The minimum absolute atomic E-state index is 0.0567. The molecule has 10 heteroatoms. The molecule has 2 unspecified atom stereocenters. The van der Waals surface area contributed by atoms with E-state index in [0.29, 0.717) is 49.9 Å². The SMILES string of the molecule is O=C(O)c1cc(F)c2nc(N3C4CCC3CC(C=Cc3c(-c5c(Cl)cccc5Cl)noc3C3CC3)C4)sc2c1. The van der Waals surface area contributed by atoms with Crippen molar-refractivity contribution in [1.29, 1.82) is 0 Å². The van der Waals surface area contributed by atoms with Gasteiger partial charge >= 0.3 is 5.97 Å². The lowest BCUT2D eigenvalue weighted by Gasteiger charge is -2.38. The standard InChI is InChI=1S/C29H24Cl2FN3O3S/c30-20-2-1-3-21(31)24(20)25-19(27(38-34-25)15-5-6-15)9-4-14-10-17-7-8-18(11-14)35(17)29-33-26-22(32)12-16(28(36)37)13-23(26)39-29/h1-4,9,12-15,17-18H,5-8,10-11H2,(H,36,37). The van der Waals surface area contributed by atoms with Gasteiger partial charge in [-0.15, -0.1) is 0 Å². The Morgan fingerprint density at radius 3 is 2.51 bits per heavy atom. The van der Waals surface area contributed by atoms with Crippen molar-refractivity contribution in [3.8, 4) is 11.3 Å². The molecule has 4 aromatic rings. The van der Waals surface area contributed by atoms with Crippen molar-refractivity contribution in [2.45, 2.75) is 56.5 Å². The zero-order valence-corrected chi connectivity index (χ0v) is 23.1. The number of aromatic nitrogens is 2. The van der Waals surface area contributed by atoms with Crippen molar-refractivity contribution in [2.24, 2.45) is 5.92 Å². The molecule has 6 nitrogen and oxygen atoms in total. The molecule has 2 bridgehead atoms. The number of carboxylic acid groups (broad SMARTS) is 1. The van der Waals surface area contributed by atoms with Crippen molar-refractivity contribution in [3.05, 3.63) is 69.2 Å². The average molecular weight is 585 g/mol. The van der Waals surface area contributed by atoms with Crippen LogP contribution in [0.5, 0.6) is 0 Å². The number of hydrogen-bond donors (Lipinski definition) is 1. The van der Waals surface area contributed by atoms with Gasteiger partial charge in [0, 0.05) is 29.1 Å². The van der Waals surface area contributed by atoms with Gasteiger partial charge in [0.25, 0.3) is 0 Å². The first-order valence-corrected chi connectivity index (χ1v) is 14.7. The number of carbonyl (C=O) groups is 1. The van der Waals surface area contributed by atoms with Crippen molar-refractivity contribution >= 4 is 61.9 Å². The third kappa shape index (κ3) is 4.42. The van der Waals surface area contributed by atoms with Crippen molar-refractivity contribution in [2.75, 3.05) is 4.90 Å². The maximum absolute atomic E-state index is 14.6. The van der Waals surface area contributed by atoms with Crippen LogP contribution in [0.1, 0.15) is 66.1 Å². The largest absolute Gasteiger partial charge is 0.478 e. The minimum atomic E-state index is -1.14. The molecule has 7 rings (SSSR count). The summed E-state index contributed by atoms with van der Waals surface area (Å²) in [5.74, 6) is -0.0932. The van der Waals surface area contributed by atoms with Crippen LogP contribution in [-0.4, -0.2) is 33.3 Å². The fraction of sp³-hybridized carbons (Fsp3) is 0.345. The molecular formula is C29H24Cl2FN3O3S. The quantitative estimate of drug-likeness (QED) is 0.245. The van der Waals surface area contributed by atoms with Gasteiger partial charge in [0.15, 0.2) is 10.9 Å². The predicted molar refractivity (Wildman–Crippen MR) is 152 cm³/mol. The Hall–Kier alpha value is -2.94. The van der Waals surface area contributed by atoms with Crippen LogP contribution < -0.4 is 4.90 Å². The summed E-state index contributed by atoms with van der Waals surface area (Å²) < 4.78 is 21.0. The van der Waals surface area contributed by atoms with Gasteiger partial charge in [0.2, 0.25) is 0 Å². The van der Waals surface area contributed by atoms with E-state index < -0.39 is 11.8 Å². The Kier molecular flexibility index (Phi) is 6.17. The predicted octanol–water partition coefficient (Wildman–Crippen LogP) is 8.43. The van der Waals surface area contributed by atoms with Crippen LogP contribution in [0.15, 0.2) is 40.9 Å². The number of anilines is 1. The molecule has 3 aliphatic rings. The smallest absolute Gasteiger partial charge is 0.335 e. The minimum Gasteiger partial charge on any atom is -0.478 e. The molecule has 39 heavy (non-hydrogen) atoms. The zero-order chi connectivity index (χ0) is 26.8. The highest BCUT2D eigenvalue weighted by Crippen LogP contribution is 2.48. The molecule has 2 atom stereocenters. The fourth-order valence-electron chi connectivity index (χ4n) is 6.15. The number of allylic oxidation sites excluding steroid dienone is 1. The van der Waals surface area contributed by atoms with E-state index in [9.17, 15) is 14.3 Å². The topological polar surface area (TPSA) is 79.5 Å².